The van der Waals surface area contributed by atoms with Gasteiger partial charge in [-0.05, 0) is 40.0 Å². The molecule has 0 unspecified atom stereocenters. The average molecular weight is 325 g/mol. The normalized spacial score (nSPS) is 17.5. The maximum absolute atomic E-state index is 11.8. The summed E-state index contributed by atoms with van der Waals surface area (Å²) in [7, 11) is 0. The van der Waals surface area contributed by atoms with E-state index >= 15 is 0 Å². The van der Waals surface area contributed by atoms with Crippen molar-refractivity contribution in [3.63, 3.8) is 0 Å². The van der Waals surface area contributed by atoms with Gasteiger partial charge >= 0.3 is 6.09 Å². The number of carbonyl (C=O) groups is 1. The summed E-state index contributed by atoms with van der Waals surface area (Å²) in [5.41, 5.74) is -0.438. The van der Waals surface area contributed by atoms with Gasteiger partial charge < -0.3 is 10.1 Å². The van der Waals surface area contributed by atoms with Crippen molar-refractivity contribution in [2.75, 3.05) is 13.1 Å². The Labute approximate surface area is 137 Å². The van der Waals surface area contributed by atoms with Crippen molar-refractivity contribution >= 4 is 17.4 Å². The van der Waals surface area contributed by atoms with Gasteiger partial charge in [0.2, 0.25) is 0 Å². The zero-order chi connectivity index (χ0) is 16.2. The maximum atomic E-state index is 11.8. The molecule has 0 aliphatic carbocycles. The van der Waals surface area contributed by atoms with Gasteiger partial charge in [-0.3, -0.25) is 4.90 Å². The van der Waals surface area contributed by atoms with Crippen molar-refractivity contribution in [2.45, 2.75) is 65.1 Å². The van der Waals surface area contributed by atoms with Crippen LogP contribution < -0.4 is 5.32 Å². The molecule has 0 saturated carbocycles. The lowest BCUT2D eigenvalue weighted by molar-refractivity contribution is 0.0477. The van der Waals surface area contributed by atoms with Crippen LogP contribution in [0.2, 0.25) is 0 Å². The molecular weight excluding hydrogens is 298 g/mol. The summed E-state index contributed by atoms with van der Waals surface area (Å²) in [6.07, 6.45) is 4.66. The highest BCUT2D eigenvalue weighted by Gasteiger charge is 2.23. The molecule has 1 saturated heterocycles. The van der Waals surface area contributed by atoms with Gasteiger partial charge in [0.05, 0.1) is 6.54 Å². The number of piperidine rings is 1. The minimum atomic E-state index is -0.438. The largest absolute Gasteiger partial charge is 0.444 e. The third kappa shape index (κ3) is 5.57. The minimum absolute atomic E-state index is 0.216. The molecule has 2 heterocycles. The Morgan fingerprint density at radius 1 is 1.45 bits per heavy atom. The predicted octanol–water partition coefficient (Wildman–Crippen LogP) is 3.19. The first-order valence-electron chi connectivity index (χ1n) is 8.01. The molecular formula is C16H27N3O2S. The molecule has 0 spiro atoms. The first-order valence-corrected chi connectivity index (χ1v) is 8.83. The van der Waals surface area contributed by atoms with Gasteiger partial charge in [-0.25, -0.2) is 9.78 Å². The number of carbonyl (C=O) groups excluding carboxylic acids is 1. The number of alkyl carbamates (subject to hydrolysis) is 1. The number of nitrogens with zero attached hydrogens (tertiary/aromatic N) is 2. The summed E-state index contributed by atoms with van der Waals surface area (Å²) < 4.78 is 5.31. The summed E-state index contributed by atoms with van der Waals surface area (Å²) in [6, 6.07) is 0.216. The lowest BCUT2D eigenvalue weighted by atomic mass is 10.1. The van der Waals surface area contributed by atoms with E-state index in [1.54, 1.807) is 11.3 Å². The van der Waals surface area contributed by atoms with Gasteiger partial charge in [0, 0.05) is 30.2 Å². The number of thiazole rings is 1. The molecule has 1 N–H and O–H groups in total. The number of nitrogens with one attached hydrogen (secondary N) is 1. The molecule has 1 amide bonds. The van der Waals surface area contributed by atoms with Crippen LogP contribution in [-0.4, -0.2) is 40.7 Å². The van der Waals surface area contributed by atoms with Crippen LogP contribution in [0.25, 0.3) is 0 Å². The Kier molecular flexibility index (Phi) is 5.81. The van der Waals surface area contributed by atoms with E-state index in [0.717, 1.165) is 38.9 Å². The van der Waals surface area contributed by atoms with Gasteiger partial charge in [-0.1, -0.05) is 6.92 Å². The molecule has 22 heavy (non-hydrogen) atoms. The fraction of sp³-hybridized carbons (Fsp3) is 0.750. The molecule has 124 valence electrons. The molecule has 1 aliphatic rings. The summed E-state index contributed by atoms with van der Waals surface area (Å²) in [5, 5.41) is 4.16. The van der Waals surface area contributed by atoms with Crippen molar-refractivity contribution in [2.24, 2.45) is 0 Å². The van der Waals surface area contributed by atoms with E-state index in [2.05, 4.69) is 22.1 Å². The molecule has 0 bridgehead atoms. The topological polar surface area (TPSA) is 54.5 Å². The highest BCUT2D eigenvalue weighted by Crippen LogP contribution is 2.18. The van der Waals surface area contributed by atoms with Gasteiger partial charge in [0.25, 0.3) is 0 Å². The van der Waals surface area contributed by atoms with E-state index in [1.165, 1.54) is 9.88 Å². The second-order valence-corrected chi connectivity index (χ2v) is 7.97. The van der Waals surface area contributed by atoms with E-state index in [0.29, 0.717) is 0 Å². The number of aromatic nitrogens is 1. The van der Waals surface area contributed by atoms with Crippen molar-refractivity contribution in [1.82, 2.24) is 15.2 Å². The number of ether oxygens (including phenoxy) is 1. The van der Waals surface area contributed by atoms with E-state index in [9.17, 15) is 4.79 Å². The fourth-order valence-electron chi connectivity index (χ4n) is 2.49. The maximum Gasteiger partial charge on any atom is 0.407 e. The lowest BCUT2D eigenvalue weighted by Gasteiger charge is -2.32. The molecule has 0 aromatic carbocycles. The summed E-state index contributed by atoms with van der Waals surface area (Å²) in [5.74, 6) is 0. The number of aryl methyl sites for hydroxylation is 1. The van der Waals surface area contributed by atoms with Crippen LogP contribution in [0, 0.1) is 0 Å². The van der Waals surface area contributed by atoms with E-state index in [-0.39, 0.29) is 12.1 Å². The zero-order valence-corrected chi connectivity index (χ0v) is 14.8. The average Bonchev–Trinajstić information content (AvgIpc) is 2.86. The summed E-state index contributed by atoms with van der Waals surface area (Å²) in [6.45, 7) is 10.7. The van der Waals surface area contributed by atoms with E-state index < -0.39 is 5.60 Å². The number of rotatable bonds is 4. The molecule has 0 radical (unpaired) electrons. The van der Waals surface area contributed by atoms with Gasteiger partial charge in [0.15, 0.2) is 0 Å². The summed E-state index contributed by atoms with van der Waals surface area (Å²) in [4.78, 5) is 20.0. The molecule has 1 fully saturated rings. The SMILES string of the molecule is CCc1cnc(CN2CCC(NC(=O)OC(C)(C)C)CC2)s1. The summed E-state index contributed by atoms with van der Waals surface area (Å²) >= 11 is 1.80. The van der Waals surface area contributed by atoms with E-state index in [1.807, 2.05) is 27.0 Å². The van der Waals surface area contributed by atoms with Crippen LogP contribution in [-0.2, 0) is 17.7 Å². The van der Waals surface area contributed by atoms with Crippen LogP contribution in [0.3, 0.4) is 0 Å². The molecule has 6 heteroatoms. The molecule has 5 nitrogen and oxygen atoms in total. The molecule has 2 rings (SSSR count). The van der Waals surface area contributed by atoms with Crippen molar-refractivity contribution < 1.29 is 9.53 Å². The van der Waals surface area contributed by atoms with Crippen LogP contribution >= 0.6 is 11.3 Å². The fourth-order valence-corrected chi connectivity index (χ4v) is 3.39. The number of likely N-dealkylation sites (tertiary alicyclic amines) is 1. The smallest absolute Gasteiger partial charge is 0.407 e. The Balaban J connectivity index is 1.72. The Bertz CT molecular complexity index is 488. The van der Waals surface area contributed by atoms with Crippen molar-refractivity contribution in [3.8, 4) is 0 Å². The second-order valence-electron chi connectivity index (χ2n) is 6.77. The monoisotopic (exact) mass is 325 g/mol. The molecule has 1 aromatic rings. The van der Waals surface area contributed by atoms with Gasteiger partial charge in [-0.15, -0.1) is 11.3 Å². The zero-order valence-electron chi connectivity index (χ0n) is 14.0. The van der Waals surface area contributed by atoms with Crippen LogP contribution in [0.4, 0.5) is 4.79 Å². The first-order chi connectivity index (χ1) is 10.4. The van der Waals surface area contributed by atoms with Gasteiger partial charge in [-0.2, -0.15) is 0 Å². The van der Waals surface area contributed by atoms with Gasteiger partial charge in [0.1, 0.15) is 10.6 Å². The van der Waals surface area contributed by atoms with Crippen LogP contribution in [0.1, 0.15) is 50.4 Å². The Hall–Kier alpha value is -1.14. The molecule has 1 aliphatic heterocycles. The quantitative estimate of drug-likeness (QED) is 0.923. The third-order valence-electron chi connectivity index (χ3n) is 3.62. The molecule has 1 aromatic heterocycles. The highest BCUT2D eigenvalue weighted by atomic mass is 32.1. The second kappa shape index (κ2) is 7.42. The lowest BCUT2D eigenvalue weighted by Crippen LogP contribution is -2.45. The first kappa shape index (κ1) is 17.2. The number of hydrogen-bond donors (Lipinski definition) is 1. The minimum Gasteiger partial charge on any atom is -0.444 e. The molecule has 0 atom stereocenters. The predicted molar refractivity (Wildman–Crippen MR) is 89.2 cm³/mol. The van der Waals surface area contributed by atoms with Crippen molar-refractivity contribution in [3.05, 3.63) is 16.1 Å². The Morgan fingerprint density at radius 3 is 2.68 bits per heavy atom. The van der Waals surface area contributed by atoms with E-state index in [4.69, 9.17) is 4.74 Å². The number of amides is 1. The van der Waals surface area contributed by atoms with Crippen molar-refractivity contribution in [1.29, 1.82) is 0 Å². The van der Waals surface area contributed by atoms with Crippen LogP contribution in [0.15, 0.2) is 6.20 Å². The standard InChI is InChI=1S/C16H27N3O2S/c1-5-13-10-17-14(22-13)11-19-8-6-12(7-9-19)18-15(20)21-16(2,3)4/h10,12H,5-9,11H2,1-4H3,(H,18,20). The van der Waals surface area contributed by atoms with Crippen LogP contribution in [0.5, 0.6) is 0 Å². The highest BCUT2D eigenvalue weighted by molar-refractivity contribution is 7.11. The number of hydrogen-bond acceptors (Lipinski definition) is 5. The Morgan fingerprint density at radius 2 is 2.14 bits per heavy atom. The third-order valence-corrected chi connectivity index (χ3v) is 4.74.